The summed E-state index contributed by atoms with van der Waals surface area (Å²) in [6.07, 6.45) is 2.50. The average molecular weight is 219 g/mol. The Kier molecular flexibility index (Phi) is 32.8. The molecule has 0 saturated heterocycles. The van der Waals surface area contributed by atoms with Crippen LogP contribution in [0, 0.1) is 13.0 Å². The van der Waals surface area contributed by atoms with Gasteiger partial charge in [0.1, 0.15) is 6.61 Å². The summed E-state index contributed by atoms with van der Waals surface area (Å²) in [5, 5.41) is 7.96. The number of ether oxygens (including phenoxy) is 1. The van der Waals surface area contributed by atoms with Crippen molar-refractivity contribution >= 4 is 5.97 Å². The van der Waals surface area contributed by atoms with E-state index in [1.165, 1.54) is 0 Å². The third kappa shape index (κ3) is 34.0. The van der Waals surface area contributed by atoms with Crippen LogP contribution in [-0.2, 0) is 29.1 Å². The zero-order valence-electron chi connectivity index (χ0n) is 6.83. The van der Waals surface area contributed by atoms with Crippen molar-refractivity contribution in [2.24, 2.45) is 0 Å². The minimum atomic E-state index is -0.630. The Hall–Kier alpha value is -0.524. The third-order valence-corrected chi connectivity index (χ3v) is 0.392. The molecule has 0 unspecified atom stereocenters. The van der Waals surface area contributed by atoms with Gasteiger partial charge >= 0.3 is 25.5 Å². The van der Waals surface area contributed by atoms with Crippen molar-refractivity contribution in [3.8, 4) is 0 Å². The number of hydrogen-bond acceptors (Lipinski definition) is 4. The van der Waals surface area contributed by atoms with E-state index in [1.54, 1.807) is 6.92 Å². The number of hydrogen-bond donors (Lipinski definition) is 1. The molecule has 0 amide bonds. The Labute approximate surface area is 80.4 Å². The predicted molar refractivity (Wildman–Crippen MR) is 38.6 cm³/mol. The van der Waals surface area contributed by atoms with E-state index in [0.29, 0.717) is 0 Å². The molecule has 0 atom stereocenters. The molecule has 4 nitrogen and oxygen atoms in total. The summed E-state index contributed by atoms with van der Waals surface area (Å²) in [7, 11) is 0. The van der Waals surface area contributed by atoms with Crippen LogP contribution < -0.4 is 0 Å². The van der Waals surface area contributed by atoms with Crippen LogP contribution in [-0.4, -0.2) is 24.3 Å². The molecule has 0 aliphatic carbocycles. The van der Waals surface area contributed by atoms with E-state index in [-0.39, 0.29) is 6.61 Å². The normalized spacial score (nSPS) is 6.33. The molecule has 0 fully saturated rings. The van der Waals surface area contributed by atoms with Crippen molar-refractivity contribution < 1.29 is 34.2 Å². The van der Waals surface area contributed by atoms with Crippen molar-refractivity contribution in [1.29, 1.82) is 0 Å². The van der Waals surface area contributed by atoms with Gasteiger partial charge in [0.25, 0.3) is 0 Å². The van der Waals surface area contributed by atoms with E-state index in [4.69, 9.17) is 8.97 Å². The van der Waals surface area contributed by atoms with Crippen molar-refractivity contribution in [3.05, 3.63) is 19.6 Å². The van der Waals surface area contributed by atoms with Gasteiger partial charge in [-0.15, -0.1) is 0 Å². The molecule has 0 aromatic rings. The summed E-state index contributed by atoms with van der Waals surface area (Å²) in [5.74, 6) is -0.630. The molecule has 0 radical (unpaired) electrons. The van der Waals surface area contributed by atoms with Crippen LogP contribution in [0.5, 0.6) is 0 Å². The van der Waals surface area contributed by atoms with E-state index in [1.807, 2.05) is 0 Å². The van der Waals surface area contributed by atoms with Crippen LogP contribution in [0.4, 0.5) is 0 Å². The standard InChI is InChI=1S/C4H7O3.C3H5.Co.O/c1-2-7-4(6)3-5;1-3-2;;/h5H,1-3H2;1H2,2H3;;/q2*-1;;. The molecule has 0 aromatic carbocycles. The summed E-state index contributed by atoms with van der Waals surface area (Å²) in [6, 6.07) is 0. The molecular weight excluding hydrogens is 207 g/mol. The Balaban J connectivity index is -0.000000137. The number of carbonyl (C=O) groups excluding carboxylic acids is 1. The number of aliphatic hydroxyl groups is 1. The van der Waals surface area contributed by atoms with Crippen molar-refractivity contribution in [1.82, 2.24) is 0 Å². The number of allylic oxidation sites excluding steroid dienone is 1. The number of esters is 1. The Morgan fingerprint density at radius 3 is 2.17 bits per heavy atom. The summed E-state index contributed by atoms with van der Waals surface area (Å²) < 4.78 is 12.1. The van der Waals surface area contributed by atoms with Crippen LogP contribution in [0.3, 0.4) is 0 Å². The quantitative estimate of drug-likeness (QED) is 0.533. The fraction of sp³-hybridized carbons (Fsp3) is 0.429. The van der Waals surface area contributed by atoms with Gasteiger partial charge in [-0.25, -0.2) is 4.79 Å². The molecule has 0 spiro atoms. The Morgan fingerprint density at radius 1 is 1.75 bits per heavy atom. The van der Waals surface area contributed by atoms with Crippen molar-refractivity contribution in [3.63, 3.8) is 0 Å². The summed E-state index contributed by atoms with van der Waals surface area (Å²) >= 11 is 2.31. The van der Waals surface area contributed by atoms with Gasteiger partial charge in [-0.05, 0) is 6.61 Å². The molecule has 0 aliphatic heterocycles. The molecule has 5 heteroatoms. The maximum absolute atomic E-state index is 9.90. The minimum absolute atomic E-state index is 0.0827. The number of aliphatic hydroxyl groups excluding tert-OH is 1. The van der Waals surface area contributed by atoms with Crippen LogP contribution in [0.2, 0.25) is 0 Å². The average Bonchev–Trinajstić information content (AvgIpc) is 2.10. The van der Waals surface area contributed by atoms with Gasteiger partial charge in [0, 0.05) is 0 Å². The maximum atomic E-state index is 9.90. The fourth-order valence-corrected chi connectivity index (χ4v) is 0.159. The predicted octanol–water partition coefficient (Wildman–Crippen LogP) is 0.230. The number of carbonyl (C=O) groups is 1. The van der Waals surface area contributed by atoms with Crippen molar-refractivity contribution in [2.75, 3.05) is 13.2 Å². The molecule has 0 aromatic heterocycles. The molecule has 1 N–H and O–H groups in total. The van der Waals surface area contributed by atoms with Crippen LogP contribution >= 0.6 is 0 Å². The number of rotatable bonds is 2. The van der Waals surface area contributed by atoms with Gasteiger partial charge in [-0.1, -0.05) is 0 Å². The Morgan fingerprint density at radius 2 is 2.08 bits per heavy atom. The van der Waals surface area contributed by atoms with E-state index in [2.05, 4.69) is 40.0 Å². The second-order valence-electron chi connectivity index (χ2n) is 1.23. The zero-order chi connectivity index (χ0) is 10.4. The summed E-state index contributed by atoms with van der Waals surface area (Å²) in [6.45, 7) is 7.74. The van der Waals surface area contributed by atoms with Gasteiger partial charge in [0.05, 0.1) is 0 Å². The molecule has 0 saturated carbocycles. The fourth-order valence-electron chi connectivity index (χ4n) is 0.159. The summed E-state index contributed by atoms with van der Waals surface area (Å²) in [4.78, 5) is 9.90. The van der Waals surface area contributed by atoms with Gasteiger partial charge in [-0.3, -0.25) is 6.58 Å². The van der Waals surface area contributed by atoms with E-state index >= 15 is 0 Å². The second-order valence-corrected chi connectivity index (χ2v) is 1.23. The van der Waals surface area contributed by atoms with E-state index in [0.717, 1.165) is 0 Å². The first-order chi connectivity index (χ1) is 5.72. The first-order valence-electron chi connectivity index (χ1n) is 2.86. The summed E-state index contributed by atoms with van der Waals surface area (Å²) in [5.41, 5.74) is 0. The monoisotopic (exact) mass is 219 g/mol. The van der Waals surface area contributed by atoms with Gasteiger partial charge in [0.15, 0.2) is 0 Å². The van der Waals surface area contributed by atoms with Crippen LogP contribution in [0.1, 0.15) is 6.92 Å². The van der Waals surface area contributed by atoms with Crippen LogP contribution in [0.25, 0.3) is 0 Å². The molecule has 12 heavy (non-hydrogen) atoms. The molecule has 0 rings (SSSR count). The second kappa shape index (κ2) is 22.4. The van der Waals surface area contributed by atoms with Gasteiger partial charge in [-0.2, -0.15) is 6.92 Å². The first kappa shape index (κ1) is 17.5. The molecule has 75 valence electrons. The zero-order valence-corrected chi connectivity index (χ0v) is 7.87. The SMILES string of the molecule is C=[C-]C.[CH2-]COC(=O)CO.[O]=[Co]. The third-order valence-electron chi connectivity index (χ3n) is 0.392. The Bertz CT molecular complexity index is 106. The van der Waals surface area contributed by atoms with Crippen molar-refractivity contribution in [2.45, 2.75) is 6.92 Å². The van der Waals surface area contributed by atoms with Gasteiger partial charge < -0.3 is 22.8 Å². The molecule has 0 aliphatic rings. The van der Waals surface area contributed by atoms with E-state index < -0.39 is 12.6 Å². The molecular formula is C7H12CoO4-2. The molecule has 0 bridgehead atoms. The van der Waals surface area contributed by atoms with Crippen LogP contribution in [0.15, 0.2) is 6.58 Å². The topological polar surface area (TPSA) is 63.6 Å². The van der Waals surface area contributed by atoms with Gasteiger partial charge in [0.2, 0.25) is 0 Å². The first-order valence-corrected chi connectivity index (χ1v) is 3.28. The van der Waals surface area contributed by atoms with E-state index in [9.17, 15) is 4.79 Å². The molecule has 0 heterocycles.